The van der Waals surface area contributed by atoms with Crippen molar-refractivity contribution in [2.75, 3.05) is 13.1 Å². The summed E-state index contributed by atoms with van der Waals surface area (Å²) in [5.41, 5.74) is 1.07. The van der Waals surface area contributed by atoms with Crippen molar-refractivity contribution in [3.05, 3.63) is 76.9 Å². The molecule has 0 unspecified atom stereocenters. The number of hydrogen-bond acceptors (Lipinski definition) is 6. The SMILES string of the molecule is O=S(=O)(c1ccccc1Cl)N1CCC(c2noc(COCc3ccccc3)n2)CC1. The molecule has 3 aromatic rings. The fourth-order valence-corrected chi connectivity index (χ4v) is 5.43. The molecule has 2 aromatic carbocycles. The first-order valence-electron chi connectivity index (χ1n) is 9.73. The number of benzene rings is 2. The van der Waals surface area contributed by atoms with Gasteiger partial charge in [0, 0.05) is 19.0 Å². The molecule has 0 amide bonds. The van der Waals surface area contributed by atoms with Gasteiger partial charge < -0.3 is 9.26 Å². The van der Waals surface area contributed by atoms with E-state index < -0.39 is 10.0 Å². The first-order chi connectivity index (χ1) is 14.5. The third-order valence-corrected chi connectivity index (χ3v) is 7.49. The summed E-state index contributed by atoms with van der Waals surface area (Å²) in [6.45, 7) is 1.47. The minimum Gasteiger partial charge on any atom is -0.367 e. The van der Waals surface area contributed by atoms with Crippen LogP contribution in [0.1, 0.15) is 36.0 Å². The fraction of sp³-hybridized carbons (Fsp3) is 0.333. The summed E-state index contributed by atoms with van der Waals surface area (Å²) in [6.07, 6.45) is 1.24. The third-order valence-electron chi connectivity index (χ3n) is 5.09. The van der Waals surface area contributed by atoms with E-state index in [-0.39, 0.29) is 22.4 Å². The van der Waals surface area contributed by atoms with Gasteiger partial charge in [-0.2, -0.15) is 9.29 Å². The second kappa shape index (κ2) is 9.26. The Hall–Kier alpha value is -2.26. The van der Waals surface area contributed by atoms with Crippen molar-refractivity contribution in [1.82, 2.24) is 14.4 Å². The average molecular weight is 448 g/mol. The predicted molar refractivity (Wildman–Crippen MR) is 111 cm³/mol. The van der Waals surface area contributed by atoms with Gasteiger partial charge in [0.15, 0.2) is 5.82 Å². The Kier molecular flexibility index (Phi) is 6.48. The molecule has 1 aromatic heterocycles. The predicted octanol–water partition coefficient (Wildman–Crippen LogP) is 4.01. The van der Waals surface area contributed by atoms with Crippen molar-refractivity contribution in [2.45, 2.75) is 36.9 Å². The number of rotatable bonds is 7. The zero-order valence-corrected chi connectivity index (χ0v) is 17.8. The Morgan fingerprint density at radius 2 is 1.73 bits per heavy atom. The maximum absolute atomic E-state index is 12.9. The highest BCUT2D eigenvalue weighted by atomic mass is 35.5. The molecule has 7 nitrogen and oxygen atoms in total. The number of nitrogens with zero attached hydrogens (tertiary/aromatic N) is 3. The molecule has 1 saturated heterocycles. The van der Waals surface area contributed by atoms with E-state index in [1.165, 1.54) is 10.4 Å². The normalized spacial score (nSPS) is 16.0. The first-order valence-corrected chi connectivity index (χ1v) is 11.5. The van der Waals surface area contributed by atoms with E-state index >= 15 is 0 Å². The summed E-state index contributed by atoms with van der Waals surface area (Å²) in [5.74, 6) is 1.07. The van der Waals surface area contributed by atoms with Gasteiger partial charge in [-0.1, -0.05) is 59.2 Å². The maximum atomic E-state index is 12.9. The van der Waals surface area contributed by atoms with Crippen LogP contribution in [0.3, 0.4) is 0 Å². The van der Waals surface area contributed by atoms with E-state index in [2.05, 4.69) is 10.1 Å². The van der Waals surface area contributed by atoms with E-state index in [1.807, 2.05) is 30.3 Å². The Balaban J connectivity index is 1.32. The van der Waals surface area contributed by atoms with Crippen molar-refractivity contribution < 1.29 is 17.7 Å². The van der Waals surface area contributed by atoms with Gasteiger partial charge in [-0.15, -0.1) is 0 Å². The molecule has 0 spiro atoms. The maximum Gasteiger partial charge on any atom is 0.252 e. The van der Waals surface area contributed by atoms with Crippen LogP contribution in [0.4, 0.5) is 0 Å². The van der Waals surface area contributed by atoms with Crippen LogP contribution in [-0.2, 0) is 28.0 Å². The summed E-state index contributed by atoms with van der Waals surface area (Å²) < 4.78 is 38.1. The monoisotopic (exact) mass is 447 g/mol. The number of sulfonamides is 1. The van der Waals surface area contributed by atoms with Crippen LogP contribution in [0.2, 0.25) is 5.02 Å². The largest absolute Gasteiger partial charge is 0.367 e. The van der Waals surface area contributed by atoms with Crippen molar-refractivity contribution in [1.29, 1.82) is 0 Å². The van der Waals surface area contributed by atoms with Crippen LogP contribution in [0, 0.1) is 0 Å². The minimum absolute atomic E-state index is 0.0503. The summed E-state index contributed by atoms with van der Waals surface area (Å²) in [7, 11) is -3.61. The summed E-state index contributed by atoms with van der Waals surface area (Å²) in [6, 6.07) is 16.4. The molecule has 0 N–H and O–H groups in total. The second-order valence-corrected chi connectivity index (χ2v) is 9.45. The van der Waals surface area contributed by atoms with E-state index in [1.54, 1.807) is 18.2 Å². The van der Waals surface area contributed by atoms with Gasteiger partial charge in [-0.25, -0.2) is 8.42 Å². The molecule has 158 valence electrons. The lowest BCUT2D eigenvalue weighted by atomic mass is 9.98. The molecular weight excluding hydrogens is 426 g/mol. The highest BCUT2D eigenvalue weighted by molar-refractivity contribution is 7.89. The van der Waals surface area contributed by atoms with E-state index in [4.69, 9.17) is 20.9 Å². The molecule has 0 saturated carbocycles. The molecule has 2 heterocycles. The van der Waals surface area contributed by atoms with Crippen LogP contribution in [-0.4, -0.2) is 36.0 Å². The summed E-state index contributed by atoms with van der Waals surface area (Å²) in [4.78, 5) is 4.57. The fourth-order valence-electron chi connectivity index (χ4n) is 3.47. The van der Waals surface area contributed by atoms with Gasteiger partial charge in [0.1, 0.15) is 11.5 Å². The highest BCUT2D eigenvalue weighted by Crippen LogP contribution is 2.31. The molecule has 4 rings (SSSR count). The highest BCUT2D eigenvalue weighted by Gasteiger charge is 2.32. The molecule has 1 aliphatic rings. The molecule has 1 fully saturated rings. The van der Waals surface area contributed by atoms with Crippen LogP contribution in [0.25, 0.3) is 0 Å². The van der Waals surface area contributed by atoms with Gasteiger partial charge >= 0.3 is 0 Å². The minimum atomic E-state index is -3.61. The zero-order valence-electron chi connectivity index (χ0n) is 16.3. The van der Waals surface area contributed by atoms with Crippen molar-refractivity contribution in [2.24, 2.45) is 0 Å². The number of hydrogen-bond donors (Lipinski definition) is 0. The quantitative estimate of drug-likeness (QED) is 0.544. The second-order valence-electron chi connectivity index (χ2n) is 7.13. The van der Waals surface area contributed by atoms with Gasteiger partial charge in [0.2, 0.25) is 10.0 Å². The lowest BCUT2D eigenvalue weighted by molar-refractivity contribution is 0.0850. The average Bonchev–Trinajstić information content (AvgIpc) is 3.24. The molecule has 0 radical (unpaired) electrons. The molecular formula is C21H22ClN3O4S. The van der Waals surface area contributed by atoms with Gasteiger partial charge in [-0.3, -0.25) is 0 Å². The van der Waals surface area contributed by atoms with Crippen LogP contribution in [0.5, 0.6) is 0 Å². The molecule has 30 heavy (non-hydrogen) atoms. The van der Waals surface area contributed by atoms with Crippen molar-refractivity contribution in [3.8, 4) is 0 Å². The smallest absolute Gasteiger partial charge is 0.252 e. The van der Waals surface area contributed by atoms with Gasteiger partial charge in [0.05, 0.1) is 11.6 Å². The molecule has 0 aliphatic carbocycles. The van der Waals surface area contributed by atoms with Crippen LogP contribution >= 0.6 is 11.6 Å². The Labute approximate surface area is 180 Å². The standard InChI is InChI=1S/C21H22ClN3O4S/c22-18-8-4-5-9-19(18)30(26,27)25-12-10-17(11-13-25)21-23-20(29-24-21)15-28-14-16-6-2-1-3-7-16/h1-9,17H,10-15H2. The zero-order chi connectivity index (χ0) is 21.0. The van der Waals surface area contributed by atoms with Gasteiger partial charge in [0.25, 0.3) is 5.89 Å². The van der Waals surface area contributed by atoms with Crippen LogP contribution < -0.4 is 0 Å². The topological polar surface area (TPSA) is 85.5 Å². The molecule has 1 aliphatic heterocycles. The number of halogens is 1. The van der Waals surface area contributed by atoms with E-state index in [0.29, 0.717) is 44.3 Å². The lowest BCUT2D eigenvalue weighted by Crippen LogP contribution is -2.38. The van der Waals surface area contributed by atoms with Crippen molar-refractivity contribution >= 4 is 21.6 Å². The Bertz CT molecular complexity index is 1080. The number of aromatic nitrogens is 2. The van der Waals surface area contributed by atoms with Gasteiger partial charge in [-0.05, 0) is 30.5 Å². The van der Waals surface area contributed by atoms with E-state index in [0.717, 1.165) is 5.56 Å². The molecule has 0 atom stereocenters. The third kappa shape index (κ3) is 4.73. The van der Waals surface area contributed by atoms with Crippen LogP contribution in [0.15, 0.2) is 64.0 Å². The number of ether oxygens (including phenoxy) is 1. The number of piperidine rings is 1. The molecule has 9 heteroatoms. The first kappa shape index (κ1) is 21.0. The molecule has 0 bridgehead atoms. The lowest BCUT2D eigenvalue weighted by Gasteiger charge is -2.30. The van der Waals surface area contributed by atoms with Crippen molar-refractivity contribution in [3.63, 3.8) is 0 Å². The van der Waals surface area contributed by atoms with E-state index in [9.17, 15) is 8.42 Å². The Morgan fingerprint density at radius 1 is 1.03 bits per heavy atom. The summed E-state index contributed by atoms with van der Waals surface area (Å²) in [5, 5.41) is 4.30. The summed E-state index contributed by atoms with van der Waals surface area (Å²) >= 11 is 6.09. The Morgan fingerprint density at radius 3 is 2.47 bits per heavy atom.